The minimum atomic E-state index is -0.312. The zero-order valence-corrected chi connectivity index (χ0v) is 8.89. The summed E-state index contributed by atoms with van der Waals surface area (Å²) < 4.78 is 5.15. The highest BCUT2D eigenvalue weighted by atomic mass is 16.5. The molecule has 4 heteroatoms. The third-order valence-corrected chi connectivity index (χ3v) is 1.77. The standard InChI is InChI=1S/C9H20N2O2/c1-7(10)5-8(12)11-6-9(2,3)13-4/h7H,5-6,10H2,1-4H3,(H,11,12). The summed E-state index contributed by atoms with van der Waals surface area (Å²) in [5.41, 5.74) is 5.16. The fourth-order valence-electron chi connectivity index (χ4n) is 0.748. The maximum absolute atomic E-state index is 11.2. The van der Waals surface area contributed by atoms with Gasteiger partial charge in [-0.1, -0.05) is 0 Å². The number of rotatable bonds is 5. The summed E-state index contributed by atoms with van der Waals surface area (Å²) in [5, 5.41) is 2.76. The molecule has 0 aliphatic heterocycles. The van der Waals surface area contributed by atoms with Gasteiger partial charge in [-0.25, -0.2) is 0 Å². The van der Waals surface area contributed by atoms with E-state index < -0.39 is 0 Å². The minimum Gasteiger partial charge on any atom is -0.377 e. The van der Waals surface area contributed by atoms with Crippen LogP contribution in [0.1, 0.15) is 27.2 Å². The van der Waals surface area contributed by atoms with E-state index >= 15 is 0 Å². The predicted molar refractivity (Wildman–Crippen MR) is 52.4 cm³/mol. The molecule has 0 aliphatic carbocycles. The summed E-state index contributed by atoms with van der Waals surface area (Å²) in [6, 6.07) is -0.0920. The Hall–Kier alpha value is -0.610. The van der Waals surface area contributed by atoms with Crippen molar-refractivity contribution in [1.82, 2.24) is 5.32 Å². The largest absolute Gasteiger partial charge is 0.377 e. The summed E-state index contributed by atoms with van der Waals surface area (Å²) in [7, 11) is 1.62. The Balaban J connectivity index is 3.70. The van der Waals surface area contributed by atoms with Crippen molar-refractivity contribution in [2.75, 3.05) is 13.7 Å². The van der Waals surface area contributed by atoms with Crippen molar-refractivity contribution in [3.63, 3.8) is 0 Å². The molecule has 0 aliphatic rings. The molecule has 0 saturated carbocycles. The van der Waals surface area contributed by atoms with E-state index in [9.17, 15) is 4.79 Å². The van der Waals surface area contributed by atoms with E-state index in [2.05, 4.69) is 5.32 Å². The first-order chi connectivity index (χ1) is 5.87. The van der Waals surface area contributed by atoms with E-state index in [-0.39, 0.29) is 17.6 Å². The van der Waals surface area contributed by atoms with Crippen LogP contribution in [0.5, 0.6) is 0 Å². The maximum Gasteiger partial charge on any atom is 0.221 e. The van der Waals surface area contributed by atoms with E-state index in [0.29, 0.717) is 13.0 Å². The van der Waals surface area contributed by atoms with E-state index in [1.807, 2.05) is 13.8 Å². The van der Waals surface area contributed by atoms with E-state index in [0.717, 1.165) is 0 Å². The molecule has 0 heterocycles. The summed E-state index contributed by atoms with van der Waals surface area (Å²) >= 11 is 0. The van der Waals surface area contributed by atoms with E-state index in [1.54, 1.807) is 14.0 Å². The van der Waals surface area contributed by atoms with Gasteiger partial charge in [-0.2, -0.15) is 0 Å². The molecule has 0 bridgehead atoms. The number of carbonyl (C=O) groups excluding carboxylic acids is 1. The third kappa shape index (κ3) is 6.54. The van der Waals surface area contributed by atoms with Gasteiger partial charge in [0.05, 0.1) is 5.60 Å². The van der Waals surface area contributed by atoms with Gasteiger partial charge in [-0.3, -0.25) is 4.79 Å². The molecule has 0 saturated heterocycles. The normalized spacial score (nSPS) is 13.9. The first-order valence-corrected chi connectivity index (χ1v) is 4.45. The highest BCUT2D eigenvalue weighted by Gasteiger charge is 2.17. The Kier molecular flexibility index (Phi) is 4.95. The van der Waals surface area contributed by atoms with Crippen molar-refractivity contribution < 1.29 is 9.53 Å². The quantitative estimate of drug-likeness (QED) is 0.650. The number of nitrogens with two attached hydrogens (primary N) is 1. The molecule has 1 unspecified atom stereocenters. The Morgan fingerprint density at radius 1 is 1.62 bits per heavy atom. The molecule has 0 aromatic rings. The lowest BCUT2D eigenvalue weighted by Gasteiger charge is -2.23. The van der Waals surface area contributed by atoms with Gasteiger partial charge >= 0.3 is 0 Å². The minimum absolute atomic E-state index is 0.0277. The topological polar surface area (TPSA) is 64.3 Å². The number of nitrogens with one attached hydrogen (secondary N) is 1. The summed E-state index contributed by atoms with van der Waals surface area (Å²) in [4.78, 5) is 11.2. The van der Waals surface area contributed by atoms with Crippen LogP contribution in [0.3, 0.4) is 0 Å². The molecule has 13 heavy (non-hydrogen) atoms. The van der Waals surface area contributed by atoms with Crippen molar-refractivity contribution >= 4 is 5.91 Å². The molecular formula is C9H20N2O2. The fraction of sp³-hybridized carbons (Fsp3) is 0.889. The van der Waals surface area contributed by atoms with Crippen LogP contribution < -0.4 is 11.1 Å². The molecule has 0 fully saturated rings. The van der Waals surface area contributed by atoms with Crippen molar-refractivity contribution in [2.45, 2.75) is 38.8 Å². The molecule has 0 aromatic carbocycles. The molecule has 0 rings (SSSR count). The summed E-state index contributed by atoms with van der Waals surface area (Å²) in [6.07, 6.45) is 0.361. The van der Waals surface area contributed by atoms with Crippen LogP contribution in [-0.4, -0.2) is 31.2 Å². The Labute approximate surface area is 79.8 Å². The number of ether oxygens (including phenoxy) is 1. The molecule has 4 nitrogen and oxygen atoms in total. The van der Waals surface area contributed by atoms with Gasteiger partial charge in [0.15, 0.2) is 0 Å². The van der Waals surface area contributed by atoms with Gasteiger partial charge in [0, 0.05) is 26.1 Å². The molecule has 78 valence electrons. The SMILES string of the molecule is COC(C)(C)CNC(=O)CC(C)N. The number of amides is 1. The van der Waals surface area contributed by atoms with Crippen LogP contribution >= 0.6 is 0 Å². The highest BCUT2D eigenvalue weighted by molar-refractivity contribution is 5.76. The molecule has 1 atom stereocenters. The van der Waals surface area contributed by atoms with E-state index in [4.69, 9.17) is 10.5 Å². The maximum atomic E-state index is 11.2. The zero-order chi connectivity index (χ0) is 10.5. The van der Waals surface area contributed by atoms with Gasteiger partial charge in [-0.05, 0) is 20.8 Å². The Morgan fingerprint density at radius 2 is 2.15 bits per heavy atom. The van der Waals surface area contributed by atoms with Gasteiger partial charge in [0.25, 0.3) is 0 Å². The first-order valence-electron chi connectivity index (χ1n) is 4.45. The lowest BCUT2D eigenvalue weighted by atomic mass is 10.1. The number of hydrogen-bond donors (Lipinski definition) is 2. The second-order valence-electron chi connectivity index (χ2n) is 3.92. The smallest absolute Gasteiger partial charge is 0.221 e. The molecule has 0 aromatic heterocycles. The van der Waals surface area contributed by atoms with Crippen LogP contribution in [0.2, 0.25) is 0 Å². The highest BCUT2D eigenvalue weighted by Crippen LogP contribution is 2.04. The lowest BCUT2D eigenvalue weighted by Crippen LogP contribution is -2.41. The Morgan fingerprint density at radius 3 is 2.54 bits per heavy atom. The van der Waals surface area contributed by atoms with Crippen molar-refractivity contribution in [3.8, 4) is 0 Å². The van der Waals surface area contributed by atoms with Gasteiger partial charge in [0.1, 0.15) is 0 Å². The second-order valence-corrected chi connectivity index (χ2v) is 3.92. The molecular weight excluding hydrogens is 168 g/mol. The molecule has 3 N–H and O–H groups in total. The fourth-order valence-corrected chi connectivity index (χ4v) is 0.748. The molecule has 1 amide bonds. The van der Waals surface area contributed by atoms with Crippen LogP contribution in [0, 0.1) is 0 Å². The van der Waals surface area contributed by atoms with Gasteiger partial charge in [0.2, 0.25) is 5.91 Å². The van der Waals surface area contributed by atoms with Gasteiger partial charge < -0.3 is 15.8 Å². The monoisotopic (exact) mass is 188 g/mol. The Bertz CT molecular complexity index is 167. The summed E-state index contributed by atoms with van der Waals surface area (Å²) in [5.74, 6) is -0.0277. The number of hydrogen-bond acceptors (Lipinski definition) is 3. The second kappa shape index (κ2) is 5.19. The zero-order valence-electron chi connectivity index (χ0n) is 8.89. The van der Waals surface area contributed by atoms with Gasteiger partial charge in [-0.15, -0.1) is 0 Å². The van der Waals surface area contributed by atoms with Crippen LogP contribution in [0.25, 0.3) is 0 Å². The van der Waals surface area contributed by atoms with E-state index in [1.165, 1.54) is 0 Å². The van der Waals surface area contributed by atoms with Crippen molar-refractivity contribution in [1.29, 1.82) is 0 Å². The van der Waals surface area contributed by atoms with Crippen molar-refractivity contribution in [2.24, 2.45) is 5.73 Å². The van der Waals surface area contributed by atoms with Crippen LogP contribution in [0.4, 0.5) is 0 Å². The average molecular weight is 188 g/mol. The summed E-state index contributed by atoms with van der Waals surface area (Å²) in [6.45, 7) is 6.15. The number of carbonyl (C=O) groups is 1. The molecule has 0 radical (unpaired) electrons. The average Bonchev–Trinajstić information content (AvgIpc) is 2.00. The van der Waals surface area contributed by atoms with Crippen molar-refractivity contribution in [3.05, 3.63) is 0 Å². The van der Waals surface area contributed by atoms with Crippen LogP contribution in [-0.2, 0) is 9.53 Å². The number of methoxy groups -OCH3 is 1. The lowest BCUT2D eigenvalue weighted by molar-refractivity contribution is -0.122. The molecule has 0 spiro atoms. The first kappa shape index (κ1) is 12.4. The third-order valence-electron chi connectivity index (χ3n) is 1.77. The van der Waals surface area contributed by atoms with Crippen LogP contribution in [0.15, 0.2) is 0 Å². The predicted octanol–water partition coefficient (Wildman–Crippen LogP) is 0.265.